The second-order valence-corrected chi connectivity index (χ2v) is 7.63. The molecule has 0 bridgehead atoms. The number of benzene rings is 1. The first kappa shape index (κ1) is 13.0. The standard InChI is InChI=1S/C15H16FNS2/c1-9-3-4-13(12(16)7-9)17-14-8-10(2)19-15-11(14)5-6-18-15/h3-7,10,14,17H,8H2,1-2H3/t10-,14?/m0/s1. The molecule has 4 heteroatoms. The van der Waals surface area contributed by atoms with Gasteiger partial charge in [0.15, 0.2) is 0 Å². The van der Waals surface area contributed by atoms with Crippen molar-refractivity contribution in [2.45, 2.75) is 35.8 Å². The van der Waals surface area contributed by atoms with Crippen LogP contribution in [0, 0.1) is 12.7 Å². The van der Waals surface area contributed by atoms with E-state index >= 15 is 0 Å². The fourth-order valence-electron chi connectivity index (χ4n) is 2.41. The van der Waals surface area contributed by atoms with Crippen LogP contribution in [0.5, 0.6) is 0 Å². The Morgan fingerprint density at radius 2 is 2.16 bits per heavy atom. The molecule has 1 aromatic heterocycles. The van der Waals surface area contributed by atoms with Crippen LogP contribution in [0.4, 0.5) is 10.1 Å². The van der Waals surface area contributed by atoms with Crippen molar-refractivity contribution in [1.29, 1.82) is 0 Å². The minimum absolute atomic E-state index is 0.164. The molecule has 1 nitrogen and oxygen atoms in total. The maximum Gasteiger partial charge on any atom is 0.146 e. The molecule has 2 atom stereocenters. The normalized spacial score (nSPS) is 22.1. The summed E-state index contributed by atoms with van der Waals surface area (Å²) in [4.78, 5) is 0. The zero-order valence-corrected chi connectivity index (χ0v) is 12.6. The van der Waals surface area contributed by atoms with Crippen molar-refractivity contribution >= 4 is 28.8 Å². The molecule has 0 amide bonds. The van der Waals surface area contributed by atoms with Gasteiger partial charge in [-0.3, -0.25) is 0 Å². The van der Waals surface area contributed by atoms with Gasteiger partial charge in [0.05, 0.1) is 15.9 Å². The Balaban J connectivity index is 1.88. The number of thiophene rings is 1. The van der Waals surface area contributed by atoms with Crippen molar-refractivity contribution in [3.8, 4) is 0 Å². The summed E-state index contributed by atoms with van der Waals surface area (Å²) in [6, 6.07) is 7.74. The second-order valence-electron chi connectivity index (χ2n) is 5.01. The third kappa shape index (κ3) is 2.65. The summed E-state index contributed by atoms with van der Waals surface area (Å²) in [5.41, 5.74) is 2.87. The van der Waals surface area contributed by atoms with E-state index in [-0.39, 0.29) is 11.9 Å². The number of rotatable bonds is 2. The monoisotopic (exact) mass is 293 g/mol. The number of hydrogen-bond acceptors (Lipinski definition) is 3. The van der Waals surface area contributed by atoms with Gasteiger partial charge in [0.1, 0.15) is 5.82 Å². The molecule has 3 rings (SSSR count). The maximum absolute atomic E-state index is 13.9. The molecule has 1 aliphatic rings. The minimum atomic E-state index is -0.164. The van der Waals surface area contributed by atoms with Crippen LogP contribution in [-0.4, -0.2) is 5.25 Å². The van der Waals surface area contributed by atoms with E-state index in [4.69, 9.17) is 0 Å². The van der Waals surface area contributed by atoms with Gasteiger partial charge in [-0.1, -0.05) is 13.0 Å². The topological polar surface area (TPSA) is 12.0 Å². The van der Waals surface area contributed by atoms with Crippen molar-refractivity contribution in [3.05, 3.63) is 46.6 Å². The summed E-state index contributed by atoms with van der Waals surface area (Å²) >= 11 is 3.70. The predicted molar refractivity (Wildman–Crippen MR) is 81.8 cm³/mol. The minimum Gasteiger partial charge on any atom is -0.376 e. The van der Waals surface area contributed by atoms with Crippen LogP contribution in [0.2, 0.25) is 0 Å². The van der Waals surface area contributed by atoms with Gasteiger partial charge >= 0.3 is 0 Å². The summed E-state index contributed by atoms with van der Waals surface area (Å²) in [5.74, 6) is -0.164. The Labute approximate surface area is 121 Å². The Kier molecular flexibility index (Phi) is 3.54. The van der Waals surface area contributed by atoms with Gasteiger partial charge in [-0.15, -0.1) is 23.1 Å². The van der Waals surface area contributed by atoms with Crippen molar-refractivity contribution in [2.75, 3.05) is 5.32 Å². The molecule has 0 spiro atoms. The van der Waals surface area contributed by atoms with Crippen molar-refractivity contribution in [1.82, 2.24) is 0 Å². The van der Waals surface area contributed by atoms with Crippen LogP contribution in [0.1, 0.15) is 30.5 Å². The lowest BCUT2D eigenvalue weighted by molar-refractivity contribution is 0.615. The van der Waals surface area contributed by atoms with Gasteiger partial charge in [-0.05, 0) is 48.1 Å². The van der Waals surface area contributed by atoms with Crippen LogP contribution in [0.3, 0.4) is 0 Å². The largest absolute Gasteiger partial charge is 0.376 e. The van der Waals surface area contributed by atoms with Gasteiger partial charge in [-0.25, -0.2) is 4.39 Å². The number of hydrogen-bond donors (Lipinski definition) is 1. The molecule has 1 unspecified atom stereocenters. The summed E-state index contributed by atoms with van der Waals surface area (Å²) in [5, 5.41) is 6.06. The number of halogens is 1. The number of fused-ring (bicyclic) bond motifs is 1. The van der Waals surface area contributed by atoms with Crippen LogP contribution >= 0.6 is 23.1 Å². The van der Waals surface area contributed by atoms with E-state index in [9.17, 15) is 4.39 Å². The first-order chi connectivity index (χ1) is 9.13. The van der Waals surface area contributed by atoms with E-state index in [1.165, 1.54) is 9.77 Å². The second kappa shape index (κ2) is 5.17. The van der Waals surface area contributed by atoms with E-state index in [0.29, 0.717) is 10.9 Å². The fourth-order valence-corrected chi connectivity index (χ4v) is 4.98. The molecule has 1 N–H and O–H groups in total. The summed E-state index contributed by atoms with van der Waals surface area (Å²) in [6.45, 7) is 4.14. The first-order valence-electron chi connectivity index (χ1n) is 6.40. The van der Waals surface area contributed by atoms with Gasteiger partial charge in [0.25, 0.3) is 0 Å². The molecular formula is C15H16FNS2. The number of aryl methyl sites for hydroxylation is 1. The number of nitrogens with one attached hydrogen (secondary N) is 1. The lowest BCUT2D eigenvalue weighted by atomic mass is 10.0. The van der Waals surface area contributed by atoms with E-state index in [0.717, 1.165) is 12.0 Å². The lowest BCUT2D eigenvalue weighted by Crippen LogP contribution is -2.19. The highest BCUT2D eigenvalue weighted by molar-refractivity contribution is 8.01. The van der Waals surface area contributed by atoms with Crippen LogP contribution in [0.15, 0.2) is 33.9 Å². The number of anilines is 1. The highest BCUT2D eigenvalue weighted by Gasteiger charge is 2.26. The van der Waals surface area contributed by atoms with Crippen LogP contribution in [-0.2, 0) is 0 Å². The molecule has 1 aromatic carbocycles. The lowest BCUT2D eigenvalue weighted by Gasteiger charge is -2.28. The molecule has 0 radical (unpaired) electrons. The first-order valence-corrected chi connectivity index (χ1v) is 8.16. The molecule has 0 fully saturated rings. The highest BCUT2D eigenvalue weighted by Crippen LogP contribution is 2.45. The van der Waals surface area contributed by atoms with Crippen LogP contribution < -0.4 is 5.32 Å². The third-order valence-electron chi connectivity index (χ3n) is 3.36. The third-order valence-corrected chi connectivity index (χ3v) is 5.71. The summed E-state index contributed by atoms with van der Waals surface area (Å²) in [7, 11) is 0. The Morgan fingerprint density at radius 1 is 1.32 bits per heavy atom. The van der Waals surface area contributed by atoms with Gasteiger partial charge < -0.3 is 5.32 Å². The zero-order valence-electron chi connectivity index (χ0n) is 10.9. The molecule has 19 heavy (non-hydrogen) atoms. The van der Waals surface area contributed by atoms with Gasteiger partial charge in [0.2, 0.25) is 0 Å². The van der Waals surface area contributed by atoms with Gasteiger partial charge in [-0.2, -0.15) is 0 Å². The van der Waals surface area contributed by atoms with Crippen LogP contribution in [0.25, 0.3) is 0 Å². The summed E-state index contributed by atoms with van der Waals surface area (Å²) < 4.78 is 15.3. The van der Waals surface area contributed by atoms with Gasteiger partial charge in [0, 0.05) is 5.25 Å². The molecule has 0 saturated heterocycles. The zero-order chi connectivity index (χ0) is 13.4. The fraction of sp³-hybridized carbons (Fsp3) is 0.333. The van der Waals surface area contributed by atoms with E-state index < -0.39 is 0 Å². The van der Waals surface area contributed by atoms with E-state index in [1.807, 2.05) is 30.8 Å². The van der Waals surface area contributed by atoms with E-state index in [1.54, 1.807) is 17.4 Å². The molecule has 100 valence electrons. The average molecular weight is 293 g/mol. The molecular weight excluding hydrogens is 277 g/mol. The Morgan fingerprint density at radius 3 is 2.95 bits per heavy atom. The Bertz CT molecular complexity index is 594. The summed E-state index contributed by atoms with van der Waals surface area (Å²) in [6.07, 6.45) is 1.03. The van der Waals surface area contributed by atoms with Crippen molar-refractivity contribution < 1.29 is 4.39 Å². The quantitative estimate of drug-likeness (QED) is 0.813. The van der Waals surface area contributed by atoms with Crippen molar-refractivity contribution in [3.63, 3.8) is 0 Å². The predicted octanol–water partition coefficient (Wildman–Crippen LogP) is 5.23. The smallest absolute Gasteiger partial charge is 0.146 e. The Hall–Kier alpha value is -1.00. The molecule has 1 aliphatic heterocycles. The molecule has 2 heterocycles. The number of thioether (sulfide) groups is 1. The molecule has 0 saturated carbocycles. The maximum atomic E-state index is 13.9. The molecule has 0 aliphatic carbocycles. The SMILES string of the molecule is Cc1ccc(NC2C[C@H](C)Sc3sccc32)c(F)c1. The molecule has 2 aromatic rings. The van der Waals surface area contributed by atoms with Crippen molar-refractivity contribution in [2.24, 2.45) is 0 Å². The highest BCUT2D eigenvalue weighted by atomic mass is 32.2. The van der Waals surface area contributed by atoms with E-state index in [2.05, 4.69) is 23.7 Å². The average Bonchev–Trinajstić information content (AvgIpc) is 2.80.